The van der Waals surface area contributed by atoms with Crippen LogP contribution in [0.1, 0.15) is 58.2 Å². The lowest BCUT2D eigenvalue weighted by atomic mass is 9.78. The van der Waals surface area contributed by atoms with Crippen LogP contribution in [-0.4, -0.2) is 51.9 Å². The zero-order valence-electron chi connectivity index (χ0n) is 17.2. The number of rotatable bonds is 5. The summed E-state index contributed by atoms with van der Waals surface area (Å²) in [5, 5.41) is 35.5. The number of aliphatic imine (C=N–C) groups is 1. The summed E-state index contributed by atoms with van der Waals surface area (Å²) in [6, 6.07) is 3.84. The topological polar surface area (TPSA) is 136 Å². The molecule has 0 aliphatic rings. The lowest BCUT2D eigenvalue weighted by Crippen LogP contribution is -2.50. The molecule has 1 aromatic rings. The van der Waals surface area contributed by atoms with Crippen molar-refractivity contribution in [2.45, 2.75) is 64.5 Å². The molecule has 0 aliphatic heterocycles. The first-order valence-corrected chi connectivity index (χ1v) is 8.77. The Balaban J connectivity index is 0.000000713. The second-order valence-electron chi connectivity index (χ2n) is 8.78. The summed E-state index contributed by atoms with van der Waals surface area (Å²) < 4.78 is 0. The van der Waals surface area contributed by atoms with Gasteiger partial charge in [-0.05, 0) is 39.7 Å². The van der Waals surface area contributed by atoms with Gasteiger partial charge in [0, 0.05) is 0 Å². The van der Waals surface area contributed by atoms with Gasteiger partial charge in [-0.1, -0.05) is 41.5 Å². The molecular formula is C20H34N2O5. The van der Waals surface area contributed by atoms with Crippen LogP contribution in [0.15, 0.2) is 17.1 Å². The lowest BCUT2D eigenvalue weighted by Gasteiger charge is -2.28. The number of phenols is 1. The van der Waals surface area contributed by atoms with Crippen LogP contribution in [0.3, 0.4) is 0 Å². The smallest absolute Gasteiger partial charge is 0.235 e. The van der Waals surface area contributed by atoms with Crippen molar-refractivity contribution >= 4 is 6.08 Å². The molecule has 0 aliphatic carbocycles. The van der Waals surface area contributed by atoms with Crippen LogP contribution >= 0.6 is 0 Å². The summed E-state index contributed by atoms with van der Waals surface area (Å²) in [7, 11) is 0. The summed E-state index contributed by atoms with van der Waals surface area (Å²) in [5.41, 5.74) is 6.31. The maximum absolute atomic E-state index is 10.5. The van der Waals surface area contributed by atoms with Gasteiger partial charge in [0.2, 0.25) is 6.08 Å². The molecule has 1 aromatic carbocycles. The van der Waals surface area contributed by atoms with Gasteiger partial charge in [0.05, 0.1) is 31.9 Å². The van der Waals surface area contributed by atoms with Crippen LogP contribution < -0.4 is 5.73 Å². The highest BCUT2D eigenvalue weighted by atomic mass is 16.3. The predicted molar refractivity (Wildman–Crippen MR) is 106 cm³/mol. The van der Waals surface area contributed by atoms with Gasteiger partial charge in [-0.2, -0.15) is 0 Å². The number of nitrogens with two attached hydrogens (primary N) is 1. The summed E-state index contributed by atoms with van der Waals surface area (Å²) in [5.74, 6) is 0.346. The standard InChI is InChI=1S/C16H23NO2.C4H11NO3/c1-15(2,3)12-7-11(9-17-10-18)8-13(14(12)19)16(4,5)6;5-4(1-6,2-7)3-8/h7-8,19H,9H2,1-6H3;6-8H,1-3,5H2. The summed E-state index contributed by atoms with van der Waals surface area (Å²) in [4.78, 5) is 13.9. The van der Waals surface area contributed by atoms with E-state index in [0.29, 0.717) is 12.3 Å². The van der Waals surface area contributed by atoms with Crippen LogP contribution in [0.4, 0.5) is 0 Å². The fourth-order valence-corrected chi connectivity index (χ4v) is 2.20. The first kappa shape index (κ1) is 25.2. The highest BCUT2D eigenvalue weighted by molar-refractivity contribution is 5.50. The van der Waals surface area contributed by atoms with Crippen molar-refractivity contribution in [3.63, 3.8) is 0 Å². The van der Waals surface area contributed by atoms with Crippen molar-refractivity contribution in [1.82, 2.24) is 0 Å². The number of aliphatic hydroxyl groups is 3. The van der Waals surface area contributed by atoms with Crippen LogP contribution in [0, 0.1) is 0 Å². The lowest BCUT2D eigenvalue weighted by molar-refractivity contribution is 0.0697. The second-order valence-corrected chi connectivity index (χ2v) is 8.78. The Hall–Kier alpha value is -1.76. The minimum Gasteiger partial charge on any atom is -0.507 e. The maximum atomic E-state index is 10.5. The summed E-state index contributed by atoms with van der Waals surface area (Å²) in [6.45, 7) is 11.4. The molecule has 0 unspecified atom stereocenters. The van der Waals surface area contributed by atoms with Crippen molar-refractivity contribution in [2.75, 3.05) is 19.8 Å². The largest absolute Gasteiger partial charge is 0.507 e. The minimum atomic E-state index is -1.21. The molecule has 0 fully saturated rings. The van der Waals surface area contributed by atoms with Gasteiger partial charge in [-0.15, -0.1) is 0 Å². The van der Waals surface area contributed by atoms with Crippen molar-refractivity contribution in [1.29, 1.82) is 0 Å². The molecule has 7 heteroatoms. The van der Waals surface area contributed by atoms with Crippen LogP contribution in [-0.2, 0) is 22.2 Å². The predicted octanol–water partition coefficient (Wildman–Crippen LogP) is 1.48. The van der Waals surface area contributed by atoms with Crippen LogP contribution in [0.5, 0.6) is 5.75 Å². The molecule has 1 rings (SSSR count). The Bertz CT molecular complexity index is 606. The Morgan fingerprint density at radius 3 is 1.52 bits per heavy atom. The molecule has 27 heavy (non-hydrogen) atoms. The highest BCUT2D eigenvalue weighted by Gasteiger charge is 2.26. The van der Waals surface area contributed by atoms with E-state index in [2.05, 4.69) is 46.5 Å². The first-order valence-electron chi connectivity index (χ1n) is 8.77. The number of benzene rings is 1. The molecule has 154 valence electrons. The second kappa shape index (κ2) is 9.97. The number of hydrogen-bond donors (Lipinski definition) is 5. The van der Waals surface area contributed by atoms with Crippen molar-refractivity contribution in [3.05, 3.63) is 28.8 Å². The van der Waals surface area contributed by atoms with E-state index in [0.717, 1.165) is 16.7 Å². The number of aliphatic hydroxyl groups excluding tert-OH is 3. The molecule has 0 bridgehead atoms. The molecule has 0 spiro atoms. The Kier molecular flexibility index (Phi) is 9.32. The van der Waals surface area contributed by atoms with E-state index in [1.807, 2.05) is 12.1 Å². The number of phenolic OH excluding ortho intramolecular Hbond substituents is 1. The molecule has 0 radical (unpaired) electrons. The number of hydrogen-bond acceptors (Lipinski definition) is 7. The van der Waals surface area contributed by atoms with E-state index < -0.39 is 25.4 Å². The third-order valence-corrected chi connectivity index (χ3v) is 4.06. The van der Waals surface area contributed by atoms with Crippen LogP contribution in [0.25, 0.3) is 0 Å². The van der Waals surface area contributed by atoms with Gasteiger partial charge >= 0.3 is 0 Å². The zero-order valence-corrected chi connectivity index (χ0v) is 17.2. The SMILES string of the molecule is CC(C)(C)c1cc(CN=C=O)cc(C(C)(C)C)c1O.NC(CO)(CO)CO. The normalized spacial score (nSPS) is 12.1. The quantitative estimate of drug-likeness (QED) is 0.386. The first-order chi connectivity index (χ1) is 12.3. The molecule has 0 heterocycles. The fraction of sp³-hybridized carbons (Fsp3) is 0.650. The van der Waals surface area contributed by atoms with Crippen molar-refractivity contribution in [3.8, 4) is 5.75 Å². The monoisotopic (exact) mass is 382 g/mol. The molecule has 0 saturated carbocycles. The van der Waals surface area contributed by atoms with E-state index in [-0.39, 0.29) is 10.8 Å². The zero-order chi connectivity index (χ0) is 21.5. The summed E-state index contributed by atoms with van der Waals surface area (Å²) in [6.07, 6.45) is 1.56. The Morgan fingerprint density at radius 2 is 1.30 bits per heavy atom. The number of carbonyl (C=O) groups excluding carboxylic acids is 1. The van der Waals surface area contributed by atoms with Crippen LogP contribution in [0.2, 0.25) is 0 Å². The number of nitrogens with zero attached hydrogens (tertiary/aromatic N) is 1. The molecule has 0 atom stereocenters. The Morgan fingerprint density at radius 1 is 0.926 bits per heavy atom. The van der Waals surface area contributed by atoms with E-state index in [1.54, 1.807) is 6.08 Å². The van der Waals surface area contributed by atoms with Crippen molar-refractivity contribution < 1.29 is 25.2 Å². The van der Waals surface area contributed by atoms with E-state index >= 15 is 0 Å². The molecule has 7 nitrogen and oxygen atoms in total. The molecule has 6 N–H and O–H groups in total. The minimum absolute atomic E-state index is 0.162. The third-order valence-electron chi connectivity index (χ3n) is 4.06. The fourth-order valence-electron chi connectivity index (χ4n) is 2.20. The summed E-state index contributed by atoms with van der Waals surface area (Å²) >= 11 is 0. The average Bonchev–Trinajstić information content (AvgIpc) is 2.58. The number of isocyanates is 1. The molecule has 0 saturated heterocycles. The van der Waals surface area contributed by atoms with Gasteiger partial charge in [-0.25, -0.2) is 9.79 Å². The average molecular weight is 383 g/mol. The molecular weight excluding hydrogens is 348 g/mol. The highest BCUT2D eigenvalue weighted by Crippen LogP contribution is 2.39. The van der Waals surface area contributed by atoms with Gasteiger partial charge < -0.3 is 26.2 Å². The van der Waals surface area contributed by atoms with Crippen molar-refractivity contribution in [2.24, 2.45) is 10.7 Å². The third kappa shape index (κ3) is 7.79. The van der Waals surface area contributed by atoms with E-state index in [9.17, 15) is 9.90 Å². The van der Waals surface area contributed by atoms with E-state index in [4.69, 9.17) is 21.1 Å². The van der Waals surface area contributed by atoms with Gasteiger partial charge in [-0.3, -0.25) is 0 Å². The number of aromatic hydroxyl groups is 1. The van der Waals surface area contributed by atoms with Gasteiger partial charge in [0.15, 0.2) is 0 Å². The maximum Gasteiger partial charge on any atom is 0.235 e. The van der Waals surface area contributed by atoms with Gasteiger partial charge in [0.25, 0.3) is 0 Å². The Labute approximate surface area is 161 Å². The van der Waals surface area contributed by atoms with E-state index in [1.165, 1.54) is 0 Å². The molecule has 0 aromatic heterocycles. The van der Waals surface area contributed by atoms with Gasteiger partial charge in [0.1, 0.15) is 5.75 Å². The molecule has 0 amide bonds.